The van der Waals surface area contributed by atoms with Crippen molar-refractivity contribution in [3.05, 3.63) is 38.4 Å². The summed E-state index contributed by atoms with van der Waals surface area (Å²) in [5.74, 6) is -1.13. The van der Waals surface area contributed by atoms with Crippen molar-refractivity contribution in [1.29, 1.82) is 0 Å². The highest BCUT2D eigenvalue weighted by atomic mass is 35.5. The van der Waals surface area contributed by atoms with Crippen LogP contribution in [0.25, 0.3) is 0 Å². The third-order valence-electron chi connectivity index (χ3n) is 1.92. The van der Waals surface area contributed by atoms with Gasteiger partial charge in [0.2, 0.25) is 0 Å². The minimum absolute atomic E-state index is 0.00116. The van der Waals surface area contributed by atoms with Crippen LogP contribution in [0.1, 0.15) is 11.1 Å². The zero-order valence-corrected chi connectivity index (χ0v) is 8.61. The monoisotopic (exact) mass is 229 g/mol. The zero-order valence-electron chi connectivity index (χ0n) is 7.86. The van der Waals surface area contributed by atoms with Gasteiger partial charge in [-0.15, -0.1) is 0 Å². The molecule has 0 amide bonds. The molecular formula is C9H8ClNO4. The van der Waals surface area contributed by atoms with Gasteiger partial charge in [0.05, 0.1) is 11.3 Å². The predicted molar refractivity (Wildman–Crippen MR) is 54.2 cm³/mol. The number of halogens is 1. The van der Waals surface area contributed by atoms with Crippen LogP contribution in [-0.4, -0.2) is 16.0 Å². The van der Waals surface area contributed by atoms with Crippen molar-refractivity contribution in [2.24, 2.45) is 0 Å². The van der Waals surface area contributed by atoms with Gasteiger partial charge in [-0.2, -0.15) is 0 Å². The van der Waals surface area contributed by atoms with Gasteiger partial charge in [-0.05, 0) is 12.5 Å². The van der Waals surface area contributed by atoms with Crippen molar-refractivity contribution >= 4 is 23.3 Å². The van der Waals surface area contributed by atoms with E-state index in [-0.39, 0.29) is 16.3 Å². The minimum Gasteiger partial charge on any atom is -0.481 e. The molecule has 1 N–H and O–H groups in total. The first-order chi connectivity index (χ1) is 6.93. The Bertz CT molecular complexity index is 430. The molecule has 0 atom stereocenters. The molecule has 0 aromatic heterocycles. The quantitative estimate of drug-likeness (QED) is 0.636. The lowest BCUT2D eigenvalue weighted by molar-refractivity contribution is -0.385. The Kier molecular flexibility index (Phi) is 3.26. The van der Waals surface area contributed by atoms with Gasteiger partial charge in [-0.25, -0.2) is 0 Å². The van der Waals surface area contributed by atoms with Crippen LogP contribution < -0.4 is 0 Å². The van der Waals surface area contributed by atoms with Crippen LogP contribution >= 0.6 is 11.6 Å². The van der Waals surface area contributed by atoms with E-state index in [2.05, 4.69) is 0 Å². The average Bonchev–Trinajstić information content (AvgIpc) is 2.10. The number of carboxylic acid groups (broad SMARTS) is 1. The zero-order chi connectivity index (χ0) is 11.6. The first-order valence-electron chi connectivity index (χ1n) is 4.07. The van der Waals surface area contributed by atoms with Crippen LogP contribution in [-0.2, 0) is 11.2 Å². The fourth-order valence-corrected chi connectivity index (χ4v) is 1.46. The Labute approximate surface area is 90.4 Å². The van der Waals surface area contributed by atoms with Crippen molar-refractivity contribution in [2.45, 2.75) is 13.3 Å². The third-order valence-corrected chi connectivity index (χ3v) is 2.39. The number of nitrogens with zero attached hydrogens (tertiary/aromatic N) is 1. The van der Waals surface area contributed by atoms with Crippen LogP contribution in [0.2, 0.25) is 5.02 Å². The fourth-order valence-electron chi connectivity index (χ4n) is 1.21. The number of rotatable bonds is 3. The summed E-state index contributed by atoms with van der Waals surface area (Å²) in [5.41, 5.74) is 0.347. The van der Waals surface area contributed by atoms with Gasteiger partial charge in [0, 0.05) is 5.56 Å². The molecule has 0 aliphatic carbocycles. The highest BCUT2D eigenvalue weighted by molar-refractivity contribution is 6.33. The number of hydrogen-bond donors (Lipinski definition) is 1. The second kappa shape index (κ2) is 4.27. The van der Waals surface area contributed by atoms with Gasteiger partial charge < -0.3 is 5.11 Å². The minimum atomic E-state index is -1.13. The lowest BCUT2D eigenvalue weighted by Crippen LogP contribution is -2.04. The Balaban J connectivity index is 3.33. The molecule has 0 heterocycles. The van der Waals surface area contributed by atoms with Crippen molar-refractivity contribution < 1.29 is 14.8 Å². The summed E-state index contributed by atoms with van der Waals surface area (Å²) in [4.78, 5) is 20.5. The van der Waals surface area contributed by atoms with E-state index < -0.39 is 17.3 Å². The smallest absolute Gasteiger partial charge is 0.308 e. The second-order valence-corrected chi connectivity index (χ2v) is 3.41. The molecule has 0 saturated carbocycles. The van der Waals surface area contributed by atoms with Gasteiger partial charge in [-0.3, -0.25) is 14.9 Å². The SMILES string of the molecule is Cc1ccc(CC(=O)O)c([N+](=O)[O-])c1Cl. The molecule has 0 aliphatic heterocycles. The number of nitro benzene ring substituents is 1. The lowest BCUT2D eigenvalue weighted by Gasteiger charge is -2.04. The first kappa shape index (κ1) is 11.5. The Morgan fingerprint density at radius 3 is 2.67 bits per heavy atom. The largest absolute Gasteiger partial charge is 0.481 e. The maximum Gasteiger partial charge on any atom is 0.308 e. The summed E-state index contributed by atoms with van der Waals surface area (Å²) in [6.07, 6.45) is -0.406. The van der Waals surface area contributed by atoms with Crippen molar-refractivity contribution in [3.63, 3.8) is 0 Å². The molecule has 0 aliphatic rings. The van der Waals surface area contributed by atoms with E-state index in [1.54, 1.807) is 13.0 Å². The number of aliphatic carboxylic acids is 1. The van der Waals surface area contributed by atoms with E-state index in [0.29, 0.717) is 5.56 Å². The molecule has 1 aromatic rings. The summed E-state index contributed by atoms with van der Waals surface area (Å²) in [7, 11) is 0. The van der Waals surface area contributed by atoms with E-state index in [1.165, 1.54) is 6.07 Å². The van der Waals surface area contributed by atoms with Gasteiger partial charge in [0.25, 0.3) is 5.69 Å². The molecule has 1 aromatic carbocycles. The van der Waals surface area contributed by atoms with Gasteiger partial charge in [0.15, 0.2) is 0 Å². The van der Waals surface area contributed by atoms with E-state index in [9.17, 15) is 14.9 Å². The van der Waals surface area contributed by atoms with Crippen LogP contribution in [0, 0.1) is 17.0 Å². The van der Waals surface area contributed by atoms with E-state index in [0.717, 1.165) is 0 Å². The molecule has 6 heteroatoms. The van der Waals surface area contributed by atoms with Crippen LogP contribution in [0.15, 0.2) is 12.1 Å². The fraction of sp³-hybridized carbons (Fsp3) is 0.222. The number of aryl methyl sites for hydroxylation is 1. The van der Waals surface area contributed by atoms with Crippen LogP contribution in [0.3, 0.4) is 0 Å². The maximum absolute atomic E-state index is 10.7. The van der Waals surface area contributed by atoms with Gasteiger partial charge in [0.1, 0.15) is 5.02 Å². The molecule has 15 heavy (non-hydrogen) atoms. The third kappa shape index (κ3) is 2.44. The van der Waals surface area contributed by atoms with Crippen molar-refractivity contribution in [2.75, 3.05) is 0 Å². The average molecular weight is 230 g/mol. The summed E-state index contributed by atoms with van der Waals surface area (Å²) >= 11 is 5.74. The van der Waals surface area contributed by atoms with Gasteiger partial charge >= 0.3 is 5.97 Å². The predicted octanol–water partition coefficient (Wildman–Crippen LogP) is 2.18. The summed E-state index contributed by atoms with van der Waals surface area (Å²) in [6, 6.07) is 2.97. The first-order valence-corrected chi connectivity index (χ1v) is 4.45. The Morgan fingerprint density at radius 1 is 1.60 bits per heavy atom. The molecule has 0 radical (unpaired) electrons. The molecule has 0 fully saturated rings. The molecular weight excluding hydrogens is 222 g/mol. The highest BCUT2D eigenvalue weighted by Crippen LogP contribution is 2.31. The van der Waals surface area contributed by atoms with E-state index >= 15 is 0 Å². The summed E-state index contributed by atoms with van der Waals surface area (Å²) in [6.45, 7) is 1.62. The molecule has 0 bridgehead atoms. The summed E-state index contributed by atoms with van der Waals surface area (Å²) in [5, 5.41) is 19.3. The number of nitro groups is 1. The molecule has 80 valence electrons. The Hall–Kier alpha value is -1.62. The molecule has 1 rings (SSSR count). The molecule has 0 saturated heterocycles. The standard InChI is InChI=1S/C9H8ClNO4/c1-5-2-3-6(4-7(12)13)9(8(5)10)11(14)15/h2-3H,4H2,1H3,(H,12,13). The summed E-state index contributed by atoms with van der Waals surface area (Å²) < 4.78 is 0. The maximum atomic E-state index is 10.7. The molecule has 0 unspecified atom stereocenters. The molecule has 0 spiro atoms. The number of benzene rings is 1. The van der Waals surface area contributed by atoms with E-state index in [4.69, 9.17) is 16.7 Å². The number of hydrogen-bond acceptors (Lipinski definition) is 3. The van der Waals surface area contributed by atoms with Crippen molar-refractivity contribution in [3.8, 4) is 0 Å². The molecule has 5 nitrogen and oxygen atoms in total. The van der Waals surface area contributed by atoms with Crippen LogP contribution in [0.5, 0.6) is 0 Å². The van der Waals surface area contributed by atoms with Crippen molar-refractivity contribution in [1.82, 2.24) is 0 Å². The van der Waals surface area contributed by atoms with Crippen LogP contribution in [0.4, 0.5) is 5.69 Å². The second-order valence-electron chi connectivity index (χ2n) is 3.03. The normalized spacial score (nSPS) is 10.0. The van der Waals surface area contributed by atoms with Gasteiger partial charge in [-0.1, -0.05) is 23.7 Å². The number of carboxylic acids is 1. The van der Waals surface area contributed by atoms with E-state index in [1.807, 2.05) is 0 Å². The topological polar surface area (TPSA) is 80.4 Å². The number of carbonyl (C=O) groups is 1. The Morgan fingerprint density at radius 2 is 2.20 bits per heavy atom. The lowest BCUT2D eigenvalue weighted by atomic mass is 10.1. The highest BCUT2D eigenvalue weighted by Gasteiger charge is 2.21.